The quantitative estimate of drug-likeness (QED) is 0.745. The summed E-state index contributed by atoms with van der Waals surface area (Å²) in [7, 11) is 0. The number of hydrogen-bond acceptors (Lipinski definition) is 3. The van der Waals surface area contributed by atoms with Gasteiger partial charge in [-0.25, -0.2) is 4.98 Å². The average Bonchev–Trinajstić information content (AvgIpc) is 2.84. The molecule has 2 heterocycles. The van der Waals surface area contributed by atoms with E-state index in [4.69, 9.17) is 0 Å². The van der Waals surface area contributed by atoms with Gasteiger partial charge in [0.15, 0.2) is 0 Å². The van der Waals surface area contributed by atoms with Crippen LogP contribution in [0.25, 0.3) is 0 Å². The maximum Gasteiger partial charge on any atom is 0.251 e. The van der Waals surface area contributed by atoms with Gasteiger partial charge in [-0.2, -0.15) is 0 Å². The summed E-state index contributed by atoms with van der Waals surface area (Å²) in [5.74, 6) is 0. The summed E-state index contributed by atoms with van der Waals surface area (Å²) in [6, 6.07) is 5.17. The zero-order chi connectivity index (χ0) is 11.9. The first kappa shape index (κ1) is 11.6. The first-order chi connectivity index (χ1) is 8.36. The molecule has 17 heavy (non-hydrogen) atoms. The van der Waals surface area contributed by atoms with E-state index in [2.05, 4.69) is 10.3 Å². The highest BCUT2D eigenvalue weighted by Crippen LogP contribution is 1.89. The topological polar surface area (TPSA) is 51.9 Å². The van der Waals surface area contributed by atoms with E-state index in [1.807, 2.05) is 23.2 Å². The molecule has 0 spiro atoms. The average molecular weight is 232 g/mol. The minimum atomic E-state index is 0.0228. The number of nitrogens with zero attached hydrogens (tertiary/aromatic N) is 3. The smallest absolute Gasteiger partial charge is 0.251 e. The summed E-state index contributed by atoms with van der Waals surface area (Å²) >= 11 is 0. The molecule has 0 atom stereocenters. The second kappa shape index (κ2) is 6.00. The lowest BCUT2D eigenvalue weighted by Crippen LogP contribution is -2.27. The number of aromatic nitrogens is 3. The van der Waals surface area contributed by atoms with Crippen LogP contribution in [0.5, 0.6) is 0 Å². The molecule has 2 aromatic heterocycles. The highest BCUT2D eigenvalue weighted by Gasteiger charge is 1.93. The van der Waals surface area contributed by atoms with Gasteiger partial charge in [0.05, 0.1) is 13.0 Å². The van der Waals surface area contributed by atoms with Gasteiger partial charge >= 0.3 is 0 Å². The molecular weight excluding hydrogens is 216 g/mol. The highest BCUT2D eigenvalue weighted by atomic mass is 16.1. The second-order valence-electron chi connectivity index (χ2n) is 3.82. The van der Waals surface area contributed by atoms with Crippen LogP contribution in [0.1, 0.15) is 6.42 Å². The van der Waals surface area contributed by atoms with Gasteiger partial charge in [-0.05, 0) is 19.0 Å². The Bertz CT molecular complexity index is 489. The fourth-order valence-corrected chi connectivity index (χ4v) is 1.60. The molecule has 0 aliphatic heterocycles. The molecule has 0 aliphatic carbocycles. The Hall–Kier alpha value is -1.88. The van der Waals surface area contributed by atoms with Crippen LogP contribution in [-0.2, 0) is 13.2 Å². The van der Waals surface area contributed by atoms with Crippen molar-refractivity contribution in [3.63, 3.8) is 0 Å². The zero-order valence-corrected chi connectivity index (χ0v) is 9.62. The predicted octanol–water partition coefficient (Wildman–Crippen LogP) is 0.682. The lowest BCUT2D eigenvalue weighted by Gasteiger charge is -2.07. The summed E-state index contributed by atoms with van der Waals surface area (Å²) in [6.07, 6.45) is 8.32. The summed E-state index contributed by atoms with van der Waals surface area (Å²) < 4.78 is 3.69. The van der Waals surface area contributed by atoms with Crippen molar-refractivity contribution in [2.45, 2.75) is 19.6 Å². The van der Waals surface area contributed by atoms with Crippen molar-refractivity contribution >= 4 is 0 Å². The number of rotatable bonds is 6. The van der Waals surface area contributed by atoms with E-state index in [1.54, 1.807) is 29.1 Å². The van der Waals surface area contributed by atoms with E-state index < -0.39 is 0 Å². The lowest BCUT2D eigenvalue weighted by atomic mass is 10.4. The van der Waals surface area contributed by atoms with Crippen LogP contribution in [0.3, 0.4) is 0 Å². The summed E-state index contributed by atoms with van der Waals surface area (Å²) in [5.41, 5.74) is 0.0228. The van der Waals surface area contributed by atoms with Crippen LogP contribution in [0.15, 0.2) is 47.9 Å². The van der Waals surface area contributed by atoms with Crippen LogP contribution in [0.2, 0.25) is 0 Å². The van der Waals surface area contributed by atoms with Crippen molar-refractivity contribution in [3.05, 3.63) is 53.5 Å². The van der Waals surface area contributed by atoms with E-state index in [1.165, 1.54) is 0 Å². The Labute approximate surface area is 99.7 Å². The second-order valence-corrected chi connectivity index (χ2v) is 3.82. The van der Waals surface area contributed by atoms with Crippen molar-refractivity contribution in [1.82, 2.24) is 19.4 Å². The summed E-state index contributed by atoms with van der Waals surface area (Å²) in [6.45, 7) is 2.37. The van der Waals surface area contributed by atoms with Gasteiger partial charge in [0, 0.05) is 31.2 Å². The molecule has 0 fully saturated rings. The van der Waals surface area contributed by atoms with Crippen LogP contribution in [0.4, 0.5) is 0 Å². The molecule has 0 aliphatic rings. The summed E-state index contributed by atoms with van der Waals surface area (Å²) in [4.78, 5) is 15.4. The van der Waals surface area contributed by atoms with Gasteiger partial charge < -0.3 is 9.13 Å². The normalized spacial score (nSPS) is 10.6. The minimum Gasteiger partial charge on any atom is -0.337 e. The molecule has 2 aromatic rings. The molecule has 1 N–H and O–H groups in total. The Kier molecular flexibility index (Phi) is 4.10. The number of pyridine rings is 1. The Morgan fingerprint density at radius 2 is 2.24 bits per heavy atom. The molecular formula is C12H16N4O. The van der Waals surface area contributed by atoms with E-state index in [-0.39, 0.29) is 5.56 Å². The first-order valence-electron chi connectivity index (χ1n) is 5.68. The molecule has 0 amide bonds. The van der Waals surface area contributed by atoms with Crippen LogP contribution in [0, 0.1) is 0 Å². The molecule has 0 saturated heterocycles. The maximum atomic E-state index is 11.4. The molecule has 0 bridgehead atoms. The number of hydrogen-bond donors (Lipinski definition) is 1. The van der Waals surface area contributed by atoms with Crippen LogP contribution in [-0.4, -0.2) is 20.7 Å². The van der Waals surface area contributed by atoms with E-state index >= 15 is 0 Å². The third kappa shape index (κ3) is 3.57. The van der Waals surface area contributed by atoms with Crippen LogP contribution < -0.4 is 10.9 Å². The van der Waals surface area contributed by atoms with E-state index in [9.17, 15) is 4.79 Å². The first-order valence-corrected chi connectivity index (χ1v) is 5.68. The monoisotopic (exact) mass is 232 g/mol. The Morgan fingerprint density at radius 3 is 3.00 bits per heavy atom. The van der Waals surface area contributed by atoms with Gasteiger partial charge in [0.1, 0.15) is 0 Å². The highest BCUT2D eigenvalue weighted by molar-refractivity contribution is 4.92. The molecule has 0 radical (unpaired) electrons. The minimum absolute atomic E-state index is 0.0228. The van der Waals surface area contributed by atoms with Crippen LogP contribution >= 0.6 is 0 Å². The predicted molar refractivity (Wildman–Crippen MR) is 65.5 cm³/mol. The number of aryl methyl sites for hydroxylation is 1. The maximum absolute atomic E-state index is 11.4. The molecule has 0 unspecified atom stereocenters. The summed E-state index contributed by atoms with van der Waals surface area (Å²) in [5, 5.41) is 3.23. The number of nitrogens with one attached hydrogen (secondary N) is 1. The van der Waals surface area contributed by atoms with Gasteiger partial charge in [-0.1, -0.05) is 6.07 Å². The molecule has 90 valence electrons. The molecule has 0 saturated carbocycles. The molecule has 2 rings (SSSR count). The van der Waals surface area contributed by atoms with Gasteiger partial charge in [-0.3, -0.25) is 10.1 Å². The van der Waals surface area contributed by atoms with Crippen molar-refractivity contribution in [2.24, 2.45) is 0 Å². The SMILES string of the molecule is O=c1ccccn1CNCCCn1ccnc1. The molecule has 0 aromatic carbocycles. The molecule has 5 heteroatoms. The molecule has 5 nitrogen and oxygen atoms in total. The van der Waals surface area contributed by atoms with Crippen molar-refractivity contribution in [3.8, 4) is 0 Å². The van der Waals surface area contributed by atoms with Gasteiger partial charge in [0.25, 0.3) is 5.56 Å². The van der Waals surface area contributed by atoms with E-state index in [0.717, 1.165) is 19.5 Å². The fourth-order valence-electron chi connectivity index (χ4n) is 1.60. The van der Waals surface area contributed by atoms with Crippen molar-refractivity contribution in [1.29, 1.82) is 0 Å². The van der Waals surface area contributed by atoms with E-state index in [0.29, 0.717) is 6.67 Å². The van der Waals surface area contributed by atoms with Crippen molar-refractivity contribution in [2.75, 3.05) is 6.54 Å². The van der Waals surface area contributed by atoms with Crippen molar-refractivity contribution < 1.29 is 0 Å². The standard InChI is InChI=1S/C12H16N4O/c17-12-4-1-2-8-16(12)11-13-5-3-7-15-9-6-14-10-15/h1-2,4,6,8-10,13H,3,5,7,11H2. The number of imidazole rings is 1. The zero-order valence-electron chi connectivity index (χ0n) is 9.62. The van der Waals surface area contributed by atoms with Gasteiger partial charge in [-0.15, -0.1) is 0 Å². The lowest BCUT2D eigenvalue weighted by molar-refractivity contribution is 0.510. The Balaban J connectivity index is 1.67. The third-order valence-corrected chi connectivity index (χ3v) is 2.51. The largest absolute Gasteiger partial charge is 0.337 e. The third-order valence-electron chi connectivity index (χ3n) is 2.51. The van der Waals surface area contributed by atoms with Gasteiger partial charge in [0.2, 0.25) is 0 Å². The fraction of sp³-hybridized carbons (Fsp3) is 0.333. The Morgan fingerprint density at radius 1 is 1.29 bits per heavy atom.